The van der Waals surface area contributed by atoms with Crippen LogP contribution in [0.3, 0.4) is 0 Å². The lowest BCUT2D eigenvalue weighted by Crippen LogP contribution is -2.46. The van der Waals surface area contributed by atoms with Crippen molar-refractivity contribution in [1.82, 2.24) is 19.8 Å². The number of carbonyl (C=O) groups is 2. The van der Waals surface area contributed by atoms with Gasteiger partial charge in [0.1, 0.15) is 16.6 Å². The highest BCUT2D eigenvalue weighted by atomic mass is 32.1. The van der Waals surface area contributed by atoms with Crippen LogP contribution in [-0.4, -0.2) is 51.0 Å². The van der Waals surface area contributed by atoms with Gasteiger partial charge in [-0.15, -0.1) is 11.3 Å². The van der Waals surface area contributed by atoms with Crippen LogP contribution in [0.25, 0.3) is 10.6 Å². The fraction of sp³-hybridized carbons (Fsp3) is 0.333. The van der Waals surface area contributed by atoms with Gasteiger partial charge in [0.05, 0.1) is 11.6 Å². The van der Waals surface area contributed by atoms with Crippen LogP contribution >= 0.6 is 11.3 Å². The second-order valence-electron chi connectivity index (χ2n) is 8.74. The lowest BCUT2D eigenvalue weighted by atomic mass is 10.0. The molecule has 1 unspecified atom stereocenters. The van der Waals surface area contributed by atoms with Crippen LogP contribution < -0.4 is 10.7 Å². The molecule has 8 nitrogen and oxygen atoms in total. The van der Waals surface area contributed by atoms with Crippen LogP contribution in [0.2, 0.25) is 0 Å². The van der Waals surface area contributed by atoms with Crippen molar-refractivity contribution in [2.24, 2.45) is 0 Å². The Morgan fingerprint density at radius 2 is 2.06 bits per heavy atom. The Bertz CT molecular complexity index is 1400. The molecule has 0 saturated heterocycles. The van der Waals surface area contributed by atoms with E-state index in [1.54, 1.807) is 4.90 Å². The lowest BCUT2D eigenvalue weighted by molar-refractivity contribution is -0.121. The second kappa shape index (κ2) is 8.88. The maximum absolute atomic E-state index is 14.1. The molecular weight excluding hydrogens is 478 g/mol. The van der Waals surface area contributed by atoms with E-state index in [9.17, 15) is 28.3 Å². The third-order valence-electron chi connectivity index (χ3n) is 6.33. The van der Waals surface area contributed by atoms with Crippen LogP contribution in [0, 0.1) is 11.6 Å². The fourth-order valence-electron chi connectivity index (χ4n) is 4.35. The number of amides is 2. The number of nitrogens with one attached hydrogen (secondary N) is 1. The molecule has 11 heteroatoms. The number of aromatic nitrogens is 2. The molecule has 2 amide bonds. The number of thiazole rings is 1. The molecule has 1 aliphatic carbocycles. The largest absolute Gasteiger partial charge is 0.503 e. The summed E-state index contributed by atoms with van der Waals surface area (Å²) in [5.74, 6) is -2.70. The standard InChI is InChI=1S/C24H22F2N4O4S/c1-27-19(31)8-15-10-30(14-4-5-14)24(34)20-22(33)21(32)17(11-29(15)20)23-28-9-16(35-23)6-12-2-3-13(25)7-18(12)26/h2-3,7,9,11,14-15,33H,4-6,8,10H2,1H3,(H,27,31). The molecule has 1 atom stereocenters. The molecule has 0 spiro atoms. The van der Waals surface area contributed by atoms with Crippen molar-refractivity contribution in [3.8, 4) is 16.3 Å². The third-order valence-corrected chi connectivity index (χ3v) is 7.36. The van der Waals surface area contributed by atoms with E-state index in [4.69, 9.17) is 0 Å². The van der Waals surface area contributed by atoms with Crippen molar-refractivity contribution >= 4 is 23.2 Å². The number of fused-ring (bicyclic) bond motifs is 1. The van der Waals surface area contributed by atoms with Gasteiger partial charge in [0.25, 0.3) is 5.91 Å². The van der Waals surface area contributed by atoms with Gasteiger partial charge in [-0.3, -0.25) is 14.4 Å². The van der Waals surface area contributed by atoms with Gasteiger partial charge in [-0.2, -0.15) is 0 Å². The predicted molar refractivity (Wildman–Crippen MR) is 124 cm³/mol. The second-order valence-corrected chi connectivity index (χ2v) is 9.86. The molecule has 5 rings (SSSR count). The minimum absolute atomic E-state index is 0.0472. The Morgan fingerprint density at radius 1 is 1.29 bits per heavy atom. The maximum atomic E-state index is 14.1. The van der Waals surface area contributed by atoms with Crippen LogP contribution in [-0.2, 0) is 11.2 Å². The summed E-state index contributed by atoms with van der Waals surface area (Å²) in [6, 6.07) is 2.90. The minimum atomic E-state index is -0.741. The monoisotopic (exact) mass is 500 g/mol. The zero-order valence-corrected chi connectivity index (χ0v) is 19.6. The molecular formula is C24H22F2N4O4S. The first-order valence-electron chi connectivity index (χ1n) is 11.2. The number of rotatable bonds is 6. The summed E-state index contributed by atoms with van der Waals surface area (Å²) in [5.41, 5.74) is -0.509. The van der Waals surface area contributed by atoms with Crippen LogP contribution in [0.15, 0.2) is 35.4 Å². The van der Waals surface area contributed by atoms with E-state index in [0.29, 0.717) is 11.4 Å². The fourth-order valence-corrected chi connectivity index (χ4v) is 5.29. The third kappa shape index (κ3) is 4.31. The quantitative estimate of drug-likeness (QED) is 0.542. The van der Waals surface area contributed by atoms with Crippen molar-refractivity contribution in [2.45, 2.75) is 37.8 Å². The average molecular weight is 501 g/mol. The molecule has 1 saturated carbocycles. The van der Waals surface area contributed by atoms with Gasteiger partial charge in [-0.05, 0) is 24.5 Å². The average Bonchev–Trinajstić information content (AvgIpc) is 3.57. The van der Waals surface area contributed by atoms with E-state index in [1.807, 2.05) is 0 Å². The molecule has 2 N–H and O–H groups in total. The number of carbonyl (C=O) groups excluding carboxylic acids is 2. The number of nitrogens with zero attached hydrogens (tertiary/aromatic N) is 3. The number of hydrogen-bond donors (Lipinski definition) is 2. The van der Waals surface area contributed by atoms with E-state index >= 15 is 0 Å². The first-order valence-corrected chi connectivity index (χ1v) is 12.0. The normalized spacial score (nSPS) is 17.4. The highest BCUT2D eigenvalue weighted by Gasteiger charge is 2.42. The van der Waals surface area contributed by atoms with E-state index in [0.717, 1.165) is 30.2 Å². The molecule has 0 bridgehead atoms. The van der Waals surface area contributed by atoms with Gasteiger partial charge in [0.15, 0.2) is 11.4 Å². The van der Waals surface area contributed by atoms with E-state index in [1.165, 1.54) is 36.1 Å². The number of aromatic hydroxyl groups is 1. The number of halogens is 2. The molecule has 1 fully saturated rings. The van der Waals surface area contributed by atoms with Gasteiger partial charge in [-0.25, -0.2) is 13.8 Å². The van der Waals surface area contributed by atoms with Gasteiger partial charge in [-0.1, -0.05) is 6.07 Å². The molecule has 182 valence electrons. The van der Waals surface area contributed by atoms with Crippen LogP contribution in [0.1, 0.15) is 46.2 Å². The van der Waals surface area contributed by atoms with Crippen molar-refractivity contribution in [1.29, 1.82) is 0 Å². The number of pyridine rings is 1. The van der Waals surface area contributed by atoms with Gasteiger partial charge < -0.3 is 19.9 Å². The zero-order chi connectivity index (χ0) is 24.9. The zero-order valence-electron chi connectivity index (χ0n) is 18.8. The maximum Gasteiger partial charge on any atom is 0.274 e. The minimum Gasteiger partial charge on any atom is -0.503 e. The summed E-state index contributed by atoms with van der Waals surface area (Å²) in [6.07, 6.45) is 4.86. The van der Waals surface area contributed by atoms with Gasteiger partial charge in [0.2, 0.25) is 11.3 Å². The molecule has 3 heterocycles. The Morgan fingerprint density at radius 3 is 2.74 bits per heavy atom. The van der Waals surface area contributed by atoms with Crippen molar-refractivity contribution in [3.63, 3.8) is 0 Å². The molecule has 2 aromatic heterocycles. The highest BCUT2D eigenvalue weighted by molar-refractivity contribution is 7.15. The van der Waals surface area contributed by atoms with E-state index in [2.05, 4.69) is 10.3 Å². The van der Waals surface area contributed by atoms with Crippen LogP contribution in [0.4, 0.5) is 8.78 Å². The summed E-state index contributed by atoms with van der Waals surface area (Å²) < 4.78 is 28.8. The summed E-state index contributed by atoms with van der Waals surface area (Å²) >= 11 is 1.13. The Labute approximate surface area is 202 Å². The Kier molecular flexibility index (Phi) is 5.87. The van der Waals surface area contributed by atoms with Crippen molar-refractivity contribution in [3.05, 3.63) is 68.6 Å². The summed E-state index contributed by atoms with van der Waals surface area (Å²) in [7, 11) is 1.52. The van der Waals surface area contributed by atoms with Gasteiger partial charge in [0, 0.05) is 55.8 Å². The predicted octanol–water partition coefficient (Wildman–Crippen LogP) is 2.84. The van der Waals surface area contributed by atoms with Gasteiger partial charge >= 0.3 is 0 Å². The SMILES string of the molecule is CNC(=O)CC1CN(C2CC2)C(=O)c2c(O)c(=O)c(-c3ncc(Cc4ccc(F)cc4F)s3)cn21. The van der Waals surface area contributed by atoms with Crippen molar-refractivity contribution < 1.29 is 23.5 Å². The highest BCUT2D eigenvalue weighted by Crippen LogP contribution is 2.37. The molecule has 0 radical (unpaired) electrons. The lowest BCUT2D eigenvalue weighted by Gasteiger charge is -2.36. The molecule has 3 aromatic rings. The smallest absolute Gasteiger partial charge is 0.274 e. The summed E-state index contributed by atoms with van der Waals surface area (Å²) in [4.78, 5) is 44.9. The first kappa shape index (κ1) is 23.2. The molecule has 35 heavy (non-hydrogen) atoms. The Hall–Kier alpha value is -3.60. The van der Waals surface area contributed by atoms with E-state index < -0.39 is 34.8 Å². The van der Waals surface area contributed by atoms with E-state index in [-0.39, 0.29) is 46.6 Å². The molecule has 2 aliphatic rings. The molecule has 1 aromatic carbocycles. The number of hydrogen-bond acceptors (Lipinski definition) is 6. The van der Waals surface area contributed by atoms with Crippen molar-refractivity contribution in [2.75, 3.05) is 13.6 Å². The first-order chi connectivity index (χ1) is 16.8. The number of benzene rings is 1. The topological polar surface area (TPSA) is 105 Å². The van der Waals surface area contributed by atoms with Crippen LogP contribution in [0.5, 0.6) is 5.75 Å². The Balaban J connectivity index is 1.53. The molecule has 1 aliphatic heterocycles. The summed E-state index contributed by atoms with van der Waals surface area (Å²) in [5, 5.41) is 13.7. The summed E-state index contributed by atoms with van der Waals surface area (Å²) in [6.45, 7) is 0.290.